The second-order valence-corrected chi connectivity index (χ2v) is 4.53. The minimum Gasteiger partial charge on any atom is -0.383 e. The Hall–Kier alpha value is -2.84. The quantitative estimate of drug-likeness (QED) is 0.787. The highest BCUT2D eigenvalue weighted by atomic mass is 19.4. The van der Waals surface area contributed by atoms with E-state index in [0.717, 1.165) is 0 Å². The maximum atomic E-state index is 12.5. The summed E-state index contributed by atoms with van der Waals surface area (Å²) in [6.45, 7) is 1.62. The van der Waals surface area contributed by atoms with E-state index in [2.05, 4.69) is 19.8 Å². The minimum absolute atomic E-state index is 0.115. The summed E-state index contributed by atoms with van der Waals surface area (Å²) in [5.41, 5.74) is 7.20. The van der Waals surface area contributed by atoms with Gasteiger partial charge in [-0.15, -0.1) is 0 Å². The second kappa shape index (κ2) is 4.86. The van der Waals surface area contributed by atoms with E-state index in [1.54, 1.807) is 31.2 Å². The van der Waals surface area contributed by atoms with Gasteiger partial charge in [-0.1, -0.05) is 23.4 Å². The third kappa shape index (κ3) is 2.30. The fourth-order valence-corrected chi connectivity index (χ4v) is 1.91. The summed E-state index contributed by atoms with van der Waals surface area (Å²) in [4.78, 5) is 3.33. The normalized spacial score (nSPS) is 11.8. The minimum atomic E-state index is -4.68. The molecule has 0 saturated carbocycles. The SMILES string of the molecule is Cc1c(-c2nc(C(F)(F)F)no2)nn(-c2ccccc2)c1N. The number of halogens is 3. The molecule has 0 aliphatic rings. The molecule has 0 bridgehead atoms. The van der Waals surface area contributed by atoms with Crippen molar-refractivity contribution in [1.82, 2.24) is 19.9 Å². The number of benzene rings is 1. The maximum Gasteiger partial charge on any atom is 0.455 e. The standard InChI is InChI=1S/C13H10F3N5O/c1-7-9(11-18-12(20-22-11)13(14,15)16)19-21(10(7)17)8-5-3-2-4-6-8/h2-6H,17H2,1H3. The molecule has 22 heavy (non-hydrogen) atoms. The van der Waals surface area contributed by atoms with Gasteiger partial charge in [0.15, 0.2) is 5.69 Å². The van der Waals surface area contributed by atoms with Gasteiger partial charge in [-0.3, -0.25) is 0 Å². The molecule has 2 N–H and O–H groups in total. The Balaban J connectivity index is 2.08. The van der Waals surface area contributed by atoms with E-state index in [9.17, 15) is 13.2 Å². The summed E-state index contributed by atoms with van der Waals surface area (Å²) in [5.74, 6) is -1.39. The molecule has 0 fully saturated rings. The first-order chi connectivity index (χ1) is 10.4. The Morgan fingerprint density at radius 2 is 1.86 bits per heavy atom. The number of nitrogens with two attached hydrogens (primary N) is 1. The average Bonchev–Trinajstić information content (AvgIpc) is 3.07. The van der Waals surface area contributed by atoms with E-state index in [-0.39, 0.29) is 17.4 Å². The first-order valence-corrected chi connectivity index (χ1v) is 6.19. The molecule has 0 radical (unpaired) electrons. The number of nitrogen functional groups attached to an aromatic ring is 1. The highest BCUT2D eigenvalue weighted by Crippen LogP contribution is 2.31. The molecule has 0 amide bonds. The lowest BCUT2D eigenvalue weighted by Crippen LogP contribution is -2.07. The molecule has 2 heterocycles. The van der Waals surface area contributed by atoms with E-state index in [0.29, 0.717) is 11.3 Å². The Morgan fingerprint density at radius 3 is 2.45 bits per heavy atom. The molecule has 0 saturated heterocycles. The lowest BCUT2D eigenvalue weighted by Gasteiger charge is -2.02. The number of hydrogen-bond donors (Lipinski definition) is 1. The van der Waals surface area contributed by atoms with Crippen molar-refractivity contribution in [2.45, 2.75) is 13.1 Å². The second-order valence-electron chi connectivity index (χ2n) is 4.53. The Morgan fingerprint density at radius 1 is 1.18 bits per heavy atom. The Kier molecular flexibility index (Phi) is 3.12. The van der Waals surface area contributed by atoms with Crippen molar-refractivity contribution in [3.63, 3.8) is 0 Å². The van der Waals surface area contributed by atoms with Gasteiger partial charge in [-0.25, -0.2) is 4.68 Å². The van der Waals surface area contributed by atoms with E-state index < -0.39 is 12.0 Å². The molecule has 0 atom stereocenters. The zero-order valence-electron chi connectivity index (χ0n) is 11.3. The molecule has 0 aliphatic heterocycles. The molecule has 1 aromatic carbocycles. The van der Waals surface area contributed by atoms with Crippen molar-refractivity contribution < 1.29 is 17.7 Å². The number of anilines is 1. The fraction of sp³-hybridized carbons (Fsp3) is 0.154. The number of nitrogens with zero attached hydrogens (tertiary/aromatic N) is 4. The molecule has 3 rings (SSSR count). The van der Waals surface area contributed by atoms with Crippen LogP contribution in [0, 0.1) is 6.92 Å². The lowest BCUT2D eigenvalue weighted by molar-refractivity contribution is -0.146. The van der Waals surface area contributed by atoms with Crippen LogP contribution in [0.15, 0.2) is 34.9 Å². The summed E-state index contributed by atoms with van der Waals surface area (Å²) >= 11 is 0. The third-order valence-electron chi connectivity index (χ3n) is 3.05. The summed E-state index contributed by atoms with van der Waals surface area (Å²) in [7, 11) is 0. The number of hydrogen-bond acceptors (Lipinski definition) is 5. The van der Waals surface area contributed by atoms with Crippen molar-refractivity contribution in [3.05, 3.63) is 41.7 Å². The summed E-state index contributed by atoms with van der Waals surface area (Å²) in [5, 5.41) is 7.09. The molecule has 9 heteroatoms. The van der Waals surface area contributed by atoms with Crippen LogP contribution in [0.25, 0.3) is 17.3 Å². The first-order valence-electron chi connectivity index (χ1n) is 6.19. The van der Waals surface area contributed by atoms with E-state index in [1.807, 2.05) is 6.07 Å². The highest BCUT2D eigenvalue weighted by Gasteiger charge is 2.38. The van der Waals surface area contributed by atoms with Crippen LogP contribution >= 0.6 is 0 Å². The Labute approximate surface area is 122 Å². The fourth-order valence-electron chi connectivity index (χ4n) is 1.91. The number of aromatic nitrogens is 4. The number of alkyl halides is 3. The van der Waals surface area contributed by atoms with Crippen molar-refractivity contribution in [3.8, 4) is 17.3 Å². The van der Waals surface area contributed by atoms with E-state index >= 15 is 0 Å². The first kappa shape index (κ1) is 14.1. The molecule has 6 nitrogen and oxygen atoms in total. The molecule has 0 unspecified atom stereocenters. The molecule has 3 aromatic rings. The zero-order valence-corrected chi connectivity index (χ0v) is 11.3. The third-order valence-corrected chi connectivity index (χ3v) is 3.05. The maximum absolute atomic E-state index is 12.5. The van der Waals surface area contributed by atoms with Gasteiger partial charge in [0.1, 0.15) is 5.82 Å². The summed E-state index contributed by atoms with van der Waals surface area (Å²) in [6.07, 6.45) is -4.68. The largest absolute Gasteiger partial charge is 0.455 e. The van der Waals surface area contributed by atoms with Crippen molar-refractivity contribution in [2.75, 3.05) is 5.73 Å². The van der Waals surface area contributed by atoms with Gasteiger partial charge < -0.3 is 10.3 Å². The van der Waals surface area contributed by atoms with Crippen LogP contribution in [-0.4, -0.2) is 19.9 Å². The molecule has 2 aromatic heterocycles. The van der Waals surface area contributed by atoms with Crippen molar-refractivity contribution in [1.29, 1.82) is 0 Å². The summed E-state index contributed by atoms with van der Waals surface area (Å²) in [6, 6.07) is 8.94. The topological polar surface area (TPSA) is 82.8 Å². The predicted octanol–water partition coefficient (Wildman–Crippen LogP) is 2.83. The number of para-hydroxylation sites is 1. The highest BCUT2D eigenvalue weighted by molar-refractivity contribution is 5.63. The predicted molar refractivity (Wildman–Crippen MR) is 71.0 cm³/mol. The number of rotatable bonds is 2. The molecule has 0 spiro atoms. The molecular weight excluding hydrogens is 299 g/mol. The van der Waals surface area contributed by atoms with Gasteiger partial charge >= 0.3 is 6.18 Å². The van der Waals surface area contributed by atoms with Crippen LogP contribution in [0.3, 0.4) is 0 Å². The van der Waals surface area contributed by atoms with Gasteiger partial charge in [0, 0.05) is 5.56 Å². The van der Waals surface area contributed by atoms with Crippen LogP contribution in [-0.2, 0) is 6.18 Å². The van der Waals surface area contributed by atoms with Crippen LogP contribution in [0.5, 0.6) is 0 Å². The van der Waals surface area contributed by atoms with E-state index in [4.69, 9.17) is 5.73 Å². The van der Waals surface area contributed by atoms with Crippen LogP contribution in [0.4, 0.5) is 19.0 Å². The van der Waals surface area contributed by atoms with Crippen LogP contribution in [0.1, 0.15) is 11.4 Å². The summed E-state index contributed by atoms with van der Waals surface area (Å²) < 4.78 is 43.6. The van der Waals surface area contributed by atoms with Gasteiger partial charge in [0.25, 0.3) is 11.7 Å². The zero-order chi connectivity index (χ0) is 15.9. The van der Waals surface area contributed by atoms with Gasteiger partial charge in [-0.2, -0.15) is 23.3 Å². The average molecular weight is 309 g/mol. The smallest absolute Gasteiger partial charge is 0.383 e. The molecule has 0 aliphatic carbocycles. The molecule has 114 valence electrons. The van der Waals surface area contributed by atoms with Gasteiger partial charge in [-0.05, 0) is 19.1 Å². The van der Waals surface area contributed by atoms with Crippen LogP contribution < -0.4 is 5.73 Å². The van der Waals surface area contributed by atoms with Crippen molar-refractivity contribution in [2.24, 2.45) is 0 Å². The monoisotopic (exact) mass is 309 g/mol. The van der Waals surface area contributed by atoms with Gasteiger partial charge in [0.05, 0.1) is 5.69 Å². The lowest BCUT2D eigenvalue weighted by atomic mass is 10.2. The molecular formula is C13H10F3N5O. The van der Waals surface area contributed by atoms with Crippen LogP contribution in [0.2, 0.25) is 0 Å². The van der Waals surface area contributed by atoms with Gasteiger partial charge in [0.2, 0.25) is 0 Å². The van der Waals surface area contributed by atoms with Crippen molar-refractivity contribution >= 4 is 5.82 Å². The van der Waals surface area contributed by atoms with E-state index in [1.165, 1.54) is 4.68 Å². The Bertz CT molecular complexity index is 807.